The Morgan fingerprint density at radius 1 is 1.03 bits per heavy atom. The van der Waals surface area contributed by atoms with Crippen LogP contribution in [0.15, 0.2) is 47.4 Å². The molecule has 1 atom stereocenters. The topological polar surface area (TPSA) is 77.3 Å². The van der Waals surface area contributed by atoms with Gasteiger partial charge in [0.05, 0.1) is 9.82 Å². The molecule has 5 nitrogen and oxygen atoms in total. The molecule has 186 valence electrons. The molecule has 0 radical (unpaired) electrons. The number of sulfone groups is 1. The van der Waals surface area contributed by atoms with Crippen LogP contribution < -0.4 is 0 Å². The highest BCUT2D eigenvalue weighted by atomic mass is 32.3. The standard InChI is InChI=1S/C27H37NO4S2/c1-20-11-14-23(15-12-20)34(31,32)27(33-5,18-21-9-7-6-8-10-21)19-22-13-16-24(26(2,3)4)25(17-22)28(29)30/h11-17,21H,6-10,18-19H2,1-5H3. The van der Waals surface area contributed by atoms with Gasteiger partial charge in [0.1, 0.15) is 4.08 Å². The first kappa shape index (κ1) is 26.7. The zero-order valence-corrected chi connectivity index (χ0v) is 22.6. The van der Waals surface area contributed by atoms with Crippen LogP contribution in [-0.2, 0) is 21.7 Å². The molecule has 1 aliphatic rings. The van der Waals surface area contributed by atoms with Gasteiger partial charge in [-0.15, -0.1) is 11.8 Å². The van der Waals surface area contributed by atoms with Crippen LogP contribution >= 0.6 is 11.8 Å². The van der Waals surface area contributed by atoms with Gasteiger partial charge < -0.3 is 0 Å². The average Bonchev–Trinajstić information content (AvgIpc) is 2.78. The highest BCUT2D eigenvalue weighted by Crippen LogP contribution is 2.46. The predicted molar refractivity (Wildman–Crippen MR) is 141 cm³/mol. The summed E-state index contributed by atoms with van der Waals surface area (Å²) in [5.74, 6) is 0.338. The van der Waals surface area contributed by atoms with E-state index < -0.39 is 13.9 Å². The van der Waals surface area contributed by atoms with E-state index in [0.717, 1.165) is 31.2 Å². The maximum atomic E-state index is 14.2. The third-order valence-electron chi connectivity index (χ3n) is 7.06. The molecule has 0 heterocycles. The van der Waals surface area contributed by atoms with Gasteiger partial charge in [0.15, 0.2) is 9.84 Å². The lowest BCUT2D eigenvalue weighted by Gasteiger charge is -2.36. The number of hydrogen-bond donors (Lipinski definition) is 0. The van der Waals surface area contributed by atoms with E-state index in [1.54, 1.807) is 24.3 Å². The minimum atomic E-state index is -3.71. The third-order valence-corrected chi connectivity index (χ3v) is 11.5. The van der Waals surface area contributed by atoms with Crippen molar-refractivity contribution in [3.8, 4) is 0 Å². The summed E-state index contributed by atoms with van der Waals surface area (Å²) in [6.07, 6.45) is 8.20. The molecule has 0 spiro atoms. The lowest BCUT2D eigenvalue weighted by atomic mass is 9.83. The SMILES string of the molecule is CSC(Cc1ccc(C(C)(C)C)c([N+](=O)[O-])c1)(CC1CCCCC1)S(=O)(=O)c1ccc(C)cc1. The fourth-order valence-electron chi connectivity index (χ4n) is 5.09. The summed E-state index contributed by atoms with van der Waals surface area (Å²) in [5, 5.41) is 11.9. The molecule has 0 aromatic heterocycles. The maximum Gasteiger partial charge on any atom is 0.273 e. The van der Waals surface area contributed by atoms with Crippen LogP contribution in [0.2, 0.25) is 0 Å². The molecule has 1 saturated carbocycles. The number of nitro benzene ring substituents is 1. The Hall–Kier alpha value is -1.86. The maximum absolute atomic E-state index is 14.2. The monoisotopic (exact) mass is 503 g/mol. The smallest absolute Gasteiger partial charge is 0.258 e. The molecule has 34 heavy (non-hydrogen) atoms. The van der Waals surface area contributed by atoms with Gasteiger partial charge in [-0.1, -0.05) is 82.7 Å². The normalized spacial score (nSPS) is 17.3. The Morgan fingerprint density at radius 3 is 2.18 bits per heavy atom. The van der Waals surface area contributed by atoms with Crippen molar-refractivity contribution in [2.75, 3.05) is 6.26 Å². The first-order valence-electron chi connectivity index (χ1n) is 12.0. The molecule has 1 unspecified atom stereocenters. The first-order chi connectivity index (χ1) is 15.9. The Bertz CT molecular complexity index is 1110. The van der Waals surface area contributed by atoms with Gasteiger partial charge >= 0.3 is 0 Å². The van der Waals surface area contributed by atoms with E-state index in [1.807, 2.05) is 52.1 Å². The number of nitro groups is 1. The molecule has 0 N–H and O–H groups in total. The second-order valence-electron chi connectivity index (χ2n) is 10.7. The Labute approximate surface area is 208 Å². The fourth-order valence-corrected chi connectivity index (χ4v) is 8.70. The molecule has 3 rings (SSSR count). The second kappa shape index (κ2) is 10.4. The molecular formula is C27H37NO4S2. The van der Waals surface area contributed by atoms with Crippen molar-refractivity contribution in [1.82, 2.24) is 0 Å². The van der Waals surface area contributed by atoms with Gasteiger partial charge in [0.25, 0.3) is 5.69 Å². The molecule has 7 heteroatoms. The van der Waals surface area contributed by atoms with E-state index in [1.165, 1.54) is 18.2 Å². The number of benzene rings is 2. The van der Waals surface area contributed by atoms with Gasteiger partial charge in [-0.3, -0.25) is 10.1 Å². The molecule has 0 saturated heterocycles. The summed E-state index contributed by atoms with van der Waals surface area (Å²) in [6, 6.07) is 12.3. The minimum Gasteiger partial charge on any atom is -0.258 e. The summed E-state index contributed by atoms with van der Waals surface area (Å²) in [6.45, 7) is 7.79. The van der Waals surface area contributed by atoms with Crippen molar-refractivity contribution in [1.29, 1.82) is 0 Å². The van der Waals surface area contributed by atoms with E-state index in [0.29, 0.717) is 28.4 Å². The molecule has 1 aliphatic carbocycles. The van der Waals surface area contributed by atoms with Crippen molar-refractivity contribution >= 4 is 27.3 Å². The Kier molecular flexibility index (Phi) is 8.18. The lowest BCUT2D eigenvalue weighted by Crippen LogP contribution is -2.40. The molecule has 1 fully saturated rings. The van der Waals surface area contributed by atoms with Crippen LogP contribution in [0.1, 0.15) is 76.0 Å². The van der Waals surface area contributed by atoms with E-state index in [9.17, 15) is 18.5 Å². The highest BCUT2D eigenvalue weighted by molar-refractivity contribution is 8.14. The second-order valence-corrected chi connectivity index (χ2v) is 14.4. The van der Waals surface area contributed by atoms with Crippen molar-refractivity contribution in [3.05, 3.63) is 69.3 Å². The van der Waals surface area contributed by atoms with Crippen LogP contribution in [0.4, 0.5) is 5.69 Å². The fraction of sp³-hybridized carbons (Fsp3) is 0.556. The number of rotatable bonds is 8. The summed E-state index contributed by atoms with van der Waals surface area (Å²) in [5.41, 5.74) is 2.04. The summed E-state index contributed by atoms with van der Waals surface area (Å²) >= 11 is 1.38. The molecule has 2 aromatic rings. The number of hydrogen-bond acceptors (Lipinski definition) is 5. The van der Waals surface area contributed by atoms with Crippen LogP contribution in [-0.4, -0.2) is 23.7 Å². The summed E-state index contributed by atoms with van der Waals surface area (Å²) in [4.78, 5) is 11.9. The quantitative estimate of drug-likeness (QED) is 0.280. The zero-order chi connectivity index (χ0) is 25.1. The number of thioether (sulfide) groups is 1. The summed E-state index contributed by atoms with van der Waals surface area (Å²) < 4.78 is 27.2. The number of nitrogens with zero attached hydrogens (tertiary/aromatic N) is 1. The van der Waals surface area contributed by atoms with Gasteiger partial charge in [0, 0.05) is 18.1 Å². The lowest BCUT2D eigenvalue weighted by molar-refractivity contribution is -0.386. The average molecular weight is 504 g/mol. The largest absolute Gasteiger partial charge is 0.273 e. The van der Waals surface area contributed by atoms with E-state index in [2.05, 4.69) is 0 Å². The van der Waals surface area contributed by atoms with E-state index >= 15 is 0 Å². The van der Waals surface area contributed by atoms with Crippen LogP contribution in [0.5, 0.6) is 0 Å². The van der Waals surface area contributed by atoms with Crippen molar-refractivity contribution in [2.45, 2.75) is 87.0 Å². The third kappa shape index (κ3) is 5.68. The zero-order valence-electron chi connectivity index (χ0n) is 21.0. The van der Waals surface area contributed by atoms with E-state index in [-0.39, 0.29) is 22.4 Å². The molecule has 0 bridgehead atoms. The van der Waals surface area contributed by atoms with Crippen molar-refractivity contribution in [2.24, 2.45) is 5.92 Å². The van der Waals surface area contributed by atoms with Crippen LogP contribution in [0.3, 0.4) is 0 Å². The van der Waals surface area contributed by atoms with E-state index in [4.69, 9.17) is 0 Å². The van der Waals surface area contributed by atoms with Gasteiger partial charge in [-0.25, -0.2) is 8.42 Å². The molecule has 0 aliphatic heterocycles. The minimum absolute atomic E-state index is 0.0606. The van der Waals surface area contributed by atoms with Crippen LogP contribution in [0, 0.1) is 23.0 Å². The number of aryl methyl sites for hydroxylation is 1. The molecule has 0 amide bonds. The van der Waals surface area contributed by atoms with Crippen LogP contribution in [0.25, 0.3) is 0 Å². The molecule has 2 aromatic carbocycles. The van der Waals surface area contributed by atoms with Crippen molar-refractivity contribution < 1.29 is 13.3 Å². The molecular weight excluding hydrogens is 466 g/mol. The Morgan fingerprint density at radius 2 is 1.65 bits per heavy atom. The predicted octanol–water partition coefficient (Wildman–Crippen LogP) is 7.25. The van der Waals surface area contributed by atoms with Gasteiger partial charge in [-0.05, 0) is 48.6 Å². The highest BCUT2D eigenvalue weighted by Gasteiger charge is 2.46. The van der Waals surface area contributed by atoms with Gasteiger partial charge in [0.2, 0.25) is 0 Å². The first-order valence-corrected chi connectivity index (χ1v) is 14.7. The Balaban J connectivity index is 2.11. The summed E-state index contributed by atoms with van der Waals surface area (Å²) in [7, 11) is -3.71. The van der Waals surface area contributed by atoms with Gasteiger partial charge in [-0.2, -0.15) is 0 Å². The van der Waals surface area contributed by atoms with Crippen molar-refractivity contribution in [3.63, 3.8) is 0 Å².